The van der Waals surface area contributed by atoms with Crippen molar-refractivity contribution in [3.63, 3.8) is 0 Å². The minimum absolute atomic E-state index is 0.153. The van der Waals surface area contributed by atoms with Crippen molar-refractivity contribution in [1.82, 2.24) is 14.9 Å². The maximum atomic E-state index is 11.9. The number of aromatic nitrogens is 2. The third kappa shape index (κ3) is 1.97. The molecule has 1 unspecified atom stereocenters. The van der Waals surface area contributed by atoms with Gasteiger partial charge in [-0.25, -0.2) is 4.98 Å². The summed E-state index contributed by atoms with van der Waals surface area (Å²) in [5, 5.41) is 8.71. The Morgan fingerprint density at radius 1 is 1.40 bits per heavy atom. The van der Waals surface area contributed by atoms with Crippen molar-refractivity contribution in [3.05, 3.63) is 11.4 Å². The van der Waals surface area contributed by atoms with Crippen LogP contribution in [0.3, 0.4) is 0 Å². The van der Waals surface area contributed by atoms with Crippen LogP contribution in [-0.2, 0) is 9.59 Å². The molecule has 7 nitrogen and oxygen atoms in total. The number of nitrogens with one attached hydrogen (secondary N) is 2. The van der Waals surface area contributed by atoms with E-state index < -0.39 is 6.04 Å². The van der Waals surface area contributed by atoms with Gasteiger partial charge in [-0.1, -0.05) is 0 Å². The summed E-state index contributed by atoms with van der Waals surface area (Å²) >= 11 is 1.50. The summed E-state index contributed by atoms with van der Waals surface area (Å²) in [6, 6.07) is 1.34. The number of fused-ring (bicyclic) bond motifs is 1. The second-order valence-electron chi connectivity index (χ2n) is 4.48. The molecule has 1 aliphatic rings. The Labute approximate surface area is 119 Å². The SMILES string of the molecule is CNc1nc(NC2CC(=O)N(C)C2=O)c2ccsc2n1. The first kappa shape index (κ1) is 12.8. The van der Waals surface area contributed by atoms with Crippen LogP contribution >= 0.6 is 11.3 Å². The molecule has 1 atom stereocenters. The molecule has 0 spiro atoms. The molecular formula is C12H13N5O2S. The predicted molar refractivity (Wildman–Crippen MR) is 76.8 cm³/mol. The summed E-state index contributed by atoms with van der Waals surface area (Å²) in [5.41, 5.74) is 0. The van der Waals surface area contributed by atoms with Crippen LogP contribution in [0.5, 0.6) is 0 Å². The molecule has 0 bridgehead atoms. The first-order valence-electron chi connectivity index (χ1n) is 6.10. The molecule has 2 aromatic rings. The van der Waals surface area contributed by atoms with Gasteiger partial charge in [0, 0.05) is 14.1 Å². The van der Waals surface area contributed by atoms with E-state index in [2.05, 4.69) is 20.6 Å². The number of carbonyl (C=O) groups is 2. The average molecular weight is 291 g/mol. The lowest BCUT2D eigenvalue weighted by atomic mass is 10.2. The van der Waals surface area contributed by atoms with E-state index in [1.165, 1.54) is 18.4 Å². The molecule has 2 amide bonds. The molecule has 1 aliphatic heterocycles. The van der Waals surface area contributed by atoms with Crippen molar-refractivity contribution in [2.24, 2.45) is 0 Å². The number of imide groups is 1. The third-order valence-corrected chi connectivity index (χ3v) is 4.05. The van der Waals surface area contributed by atoms with E-state index in [1.54, 1.807) is 7.05 Å². The van der Waals surface area contributed by atoms with E-state index in [9.17, 15) is 9.59 Å². The molecule has 20 heavy (non-hydrogen) atoms. The lowest BCUT2D eigenvalue weighted by Crippen LogP contribution is -2.32. The van der Waals surface area contributed by atoms with Crippen molar-refractivity contribution >= 4 is 45.1 Å². The number of rotatable bonds is 3. The fraction of sp³-hybridized carbons (Fsp3) is 0.333. The van der Waals surface area contributed by atoms with Gasteiger partial charge in [-0.3, -0.25) is 14.5 Å². The summed E-state index contributed by atoms with van der Waals surface area (Å²) in [4.78, 5) is 34.1. The van der Waals surface area contributed by atoms with Crippen molar-refractivity contribution in [3.8, 4) is 0 Å². The lowest BCUT2D eigenvalue weighted by molar-refractivity contribution is -0.136. The highest BCUT2D eigenvalue weighted by Gasteiger charge is 2.36. The van der Waals surface area contributed by atoms with E-state index in [0.29, 0.717) is 11.8 Å². The summed E-state index contributed by atoms with van der Waals surface area (Å²) in [6.45, 7) is 0. The molecule has 104 valence electrons. The van der Waals surface area contributed by atoms with Crippen LogP contribution in [0.15, 0.2) is 11.4 Å². The van der Waals surface area contributed by atoms with Gasteiger partial charge in [0.25, 0.3) is 5.91 Å². The number of likely N-dealkylation sites (tertiary alicyclic amines) is 1. The van der Waals surface area contributed by atoms with Gasteiger partial charge in [0.15, 0.2) is 0 Å². The number of amides is 2. The largest absolute Gasteiger partial charge is 0.357 e. The Kier molecular flexibility index (Phi) is 3.01. The molecule has 1 fully saturated rings. The summed E-state index contributed by atoms with van der Waals surface area (Å²) in [6.07, 6.45) is 0.153. The van der Waals surface area contributed by atoms with Crippen molar-refractivity contribution < 1.29 is 9.59 Å². The Bertz CT molecular complexity index is 698. The molecular weight excluding hydrogens is 278 g/mol. The van der Waals surface area contributed by atoms with Crippen LogP contribution in [0, 0.1) is 0 Å². The van der Waals surface area contributed by atoms with Crippen LogP contribution in [0.4, 0.5) is 11.8 Å². The number of nitrogens with zero attached hydrogens (tertiary/aromatic N) is 3. The molecule has 0 aromatic carbocycles. The number of hydrogen-bond acceptors (Lipinski definition) is 7. The van der Waals surface area contributed by atoms with Gasteiger partial charge in [-0.15, -0.1) is 11.3 Å². The lowest BCUT2D eigenvalue weighted by Gasteiger charge is -2.13. The highest BCUT2D eigenvalue weighted by Crippen LogP contribution is 2.28. The molecule has 3 heterocycles. The van der Waals surface area contributed by atoms with Crippen molar-refractivity contribution in [1.29, 1.82) is 0 Å². The molecule has 1 saturated heterocycles. The second kappa shape index (κ2) is 4.71. The number of anilines is 2. The van der Waals surface area contributed by atoms with E-state index in [0.717, 1.165) is 15.1 Å². The number of thiophene rings is 1. The fourth-order valence-corrected chi connectivity index (χ4v) is 2.87. The number of carbonyl (C=O) groups excluding carboxylic acids is 2. The van der Waals surface area contributed by atoms with Gasteiger partial charge in [-0.2, -0.15) is 4.98 Å². The van der Waals surface area contributed by atoms with Crippen LogP contribution < -0.4 is 10.6 Å². The minimum Gasteiger partial charge on any atom is -0.357 e. The first-order valence-corrected chi connectivity index (χ1v) is 6.98. The standard InChI is InChI=1S/C12H13N5O2S/c1-13-12-15-9(6-3-4-20-10(6)16-12)14-7-5-8(18)17(2)11(7)19/h3-4,7H,5H2,1-2H3,(H2,13,14,15,16). The Morgan fingerprint density at radius 2 is 2.20 bits per heavy atom. The molecule has 2 aromatic heterocycles. The number of likely N-dealkylation sites (N-methyl/N-ethyl adjacent to an activating group) is 1. The normalized spacial score (nSPS) is 18.9. The quantitative estimate of drug-likeness (QED) is 0.817. The smallest absolute Gasteiger partial charge is 0.251 e. The number of hydrogen-bond donors (Lipinski definition) is 2. The van der Waals surface area contributed by atoms with Gasteiger partial charge in [-0.05, 0) is 11.4 Å². The van der Waals surface area contributed by atoms with Crippen LogP contribution in [0.25, 0.3) is 10.2 Å². The zero-order chi connectivity index (χ0) is 14.3. The monoisotopic (exact) mass is 291 g/mol. The van der Waals surface area contributed by atoms with Gasteiger partial charge in [0.1, 0.15) is 16.7 Å². The highest BCUT2D eigenvalue weighted by molar-refractivity contribution is 7.16. The summed E-state index contributed by atoms with van der Waals surface area (Å²) in [7, 11) is 3.22. The average Bonchev–Trinajstić information content (AvgIpc) is 3.00. The third-order valence-electron chi connectivity index (χ3n) is 3.24. The predicted octanol–water partition coefficient (Wildman–Crippen LogP) is 0.902. The molecule has 0 radical (unpaired) electrons. The second-order valence-corrected chi connectivity index (χ2v) is 5.37. The minimum atomic E-state index is -0.560. The first-order chi connectivity index (χ1) is 9.60. The Balaban J connectivity index is 1.96. The summed E-state index contributed by atoms with van der Waals surface area (Å²) in [5.74, 6) is 0.634. The summed E-state index contributed by atoms with van der Waals surface area (Å²) < 4.78 is 0. The molecule has 0 saturated carbocycles. The van der Waals surface area contributed by atoms with E-state index in [-0.39, 0.29) is 18.2 Å². The molecule has 2 N–H and O–H groups in total. The maximum absolute atomic E-state index is 11.9. The zero-order valence-corrected chi connectivity index (χ0v) is 11.8. The van der Waals surface area contributed by atoms with Gasteiger partial charge in [0.2, 0.25) is 11.9 Å². The fourth-order valence-electron chi connectivity index (χ4n) is 2.11. The van der Waals surface area contributed by atoms with Crippen LogP contribution in [0.2, 0.25) is 0 Å². The van der Waals surface area contributed by atoms with Crippen LogP contribution in [-0.4, -0.2) is 46.8 Å². The van der Waals surface area contributed by atoms with E-state index in [4.69, 9.17) is 0 Å². The zero-order valence-electron chi connectivity index (χ0n) is 11.0. The van der Waals surface area contributed by atoms with Crippen molar-refractivity contribution in [2.75, 3.05) is 24.7 Å². The highest BCUT2D eigenvalue weighted by atomic mass is 32.1. The Hall–Kier alpha value is -2.22. The Morgan fingerprint density at radius 3 is 2.85 bits per heavy atom. The van der Waals surface area contributed by atoms with E-state index in [1.807, 2.05) is 11.4 Å². The maximum Gasteiger partial charge on any atom is 0.251 e. The van der Waals surface area contributed by atoms with Gasteiger partial charge >= 0.3 is 0 Å². The molecule has 0 aliphatic carbocycles. The van der Waals surface area contributed by atoms with Gasteiger partial charge < -0.3 is 10.6 Å². The molecule has 3 rings (SSSR count). The van der Waals surface area contributed by atoms with Crippen molar-refractivity contribution in [2.45, 2.75) is 12.5 Å². The van der Waals surface area contributed by atoms with Gasteiger partial charge in [0.05, 0.1) is 11.8 Å². The topological polar surface area (TPSA) is 87.2 Å². The van der Waals surface area contributed by atoms with Crippen LogP contribution in [0.1, 0.15) is 6.42 Å². The van der Waals surface area contributed by atoms with E-state index >= 15 is 0 Å². The molecule has 8 heteroatoms.